The Balaban J connectivity index is 5.39. The summed E-state index contributed by atoms with van der Waals surface area (Å²) in [5, 5.41) is 28.5. The lowest BCUT2D eigenvalue weighted by molar-refractivity contribution is -0.170. The lowest BCUT2D eigenvalue weighted by atomic mass is 9.87. The van der Waals surface area contributed by atoms with E-state index in [-0.39, 0.29) is 0 Å². The SMILES string of the molecule is COS(=O)(=O)OC(C(C)O)(C(C)O)C(C)O. The van der Waals surface area contributed by atoms with Crippen molar-refractivity contribution in [3.8, 4) is 0 Å². The zero-order valence-corrected chi connectivity index (χ0v) is 10.4. The number of hydrogen-bond donors (Lipinski definition) is 3. The van der Waals surface area contributed by atoms with Gasteiger partial charge in [-0.3, -0.25) is 4.18 Å². The molecule has 3 atom stereocenters. The summed E-state index contributed by atoms with van der Waals surface area (Å²) in [6, 6.07) is 0. The van der Waals surface area contributed by atoms with Gasteiger partial charge in [0.1, 0.15) is 0 Å². The molecule has 0 rings (SSSR count). The van der Waals surface area contributed by atoms with Crippen LogP contribution in [0.5, 0.6) is 0 Å². The summed E-state index contributed by atoms with van der Waals surface area (Å²) in [6.45, 7) is 3.60. The molecule has 98 valence electrons. The number of hydrogen-bond acceptors (Lipinski definition) is 7. The van der Waals surface area contributed by atoms with Gasteiger partial charge in [0.15, 0.2) is 5.60 Å². The quantitative estimate of drug-likeness (QED) is 0.547. The van der Waals surface area contributed by atoms with Gasteiger partial charge in [-0.05, 0) is 20.8 Å². The molecule has 16 heavy (non-hydrogen) atoms. The van der Waals surface area contributed by atoms with E-state index in [0.717, 1.165) is 7.11 Å². The fourth-order valence-corrected chi connectivity index (χ4v) is 2.31. The minimum Gasteiger partial charge on any atom is -0.390 e. The van der Waals surface area contributed by atoms with Crippen molar-refractivity contribution in [1.82, 2.24) is 0 Å². The van der Waals surface area contributed by atoms with Crippen LogP contribution in [0.2, 0.25) is 0 Å². The van der Waals surface area contributed by atoms with Crippen molar-refractivity contribution in [1.29, 1.82) is 0 Å². The fraction of sp³-hybridized carbons (Fsp3) is 1.00. The van der Waals surface area contributed by atoms with E-state index < -0.39 is 34.3 Å². The Hall–Kier alpha value is -0.250. The second-order valence-electron chi connectivity index (χ2n) is 3.54. The van der Waals surface area contributed by atoms with Crippen molar-refractivity contribution in [3.05, 3.63) is 0 Å². The fourth-order valence-electron chi connectivity index (χ4n) is 1.47. The van der Waals surface area contributed by atoms with Crippen LogP contribution >= 0.6 is 0 Å². The molecule has 0 saturated heterocycles. The van der Waals surface area contributed by atoms with Gasteiger partial charge in [-0.2, -0.15) is 8.42 Å². The number of aliphatic hydroxyl groups is 3. The van der Waals surface area contributed by atoms with Crippen LogP contribution in [-0.4, -0.2) is 54.8 Å². The minimum absolute atomic E-state index is 0.867. The van der Waals surface area contributed by atoms with Crippen LogP contribution in [0.3, 0.4) is 0 Å². The summed E-state index contributed by atoms with van der Waals surface area (Å²) in [5.41, 5.74) is -2.06. The molecule has 0 bridgehead atoms. The maximum atomic E-state index is 11.2. The molecule has 0 saturated carbocycles. The normalized spacial score (nSPS) is 22.2. The zero-order chi connectivity index (χ0) is 13.1. The van der Waals surface area contributed by atoms with Gasteiger partial charge < -0.3 is 15.3 Å². The zero-order valence-electron chi connectivity index (χ0n) is 9.61. The van der Waals surface area contributed by atoms with Gasteiger partial charge in [-0.15, -0.1) is 0 Å². The molecule has 0 aromatic carbocycles. The Bertz CT molecular complexity index is 285. The molecule has 3 N–H and O–H groups in total. The molecule has 0 aliphatic rings. The van der Waals surface area contributed by atoms with Crippen LogP contribution in [0, 0.1) is 0 Å². The first-order valence-electron chi connectivity index (χ1n) is 4.65. The van der Waals surface area contributed by atoms with E-state index in [9.17, 15) is 23.7 Å². The summed E-state index contributed by atoms with van der Waals surface area (Å²) in [6.07, 6.45) is -4.26. The van der Waals surface area contributed by atoms with Crippen LogP contribution in [0.25, 0.3) is 0 Å². The molecule has 0 amide bonds. The van der Waals surface area contributed by atoms with Gasteiger partial charge in [0.05, 0.1) is 25.4 Å². The predicted molar refractivity (Wildman–Crippen MR) is 54.8 cm³/mol. The molecule has 0 radical (unpaired) electrons. The first-order valence-corrected chi connectivity index (χ1v) is 5.99. The standard InChI is InChI=1S/C8H18O7S/c1-5(9)8(6(2)10,7(3)11)15-16(12,13)14-4/h5-7,9-11H,1-4H3. The highest BCUT2D eigenvalue weighted by atomic mass is 32.3. The molecule has 0 aromatic rings. The molecule has 3 unspecified atom stereocenters. The predicted octanol–water partition coefficient (Wildman–Crippen LogP) is -1.22. The molecule has 7 nitrogen and oxygen atoms in total. The smallest absolute Gasteiger partial charge is 0.390 e. The van der Waals surface area contributed by atoms with Gasteiger partial charge in [0.2, 0.25) is 0 Å². The van der Waals surface area contributed by atoms with Crippen molar-refractivity contribution in [3.63, 3.8) is 0 Å². The minimum atomic E-state index is -4.39. The molecular weight excluding hydrogens is 240 g/mol. The highest BCUT2D eigenvalue weighted by molar-refractivity contribution is 7.81. The van der Waals surface area contributed by atoms with Crippen molar-refractivity contribution in [2.24, 2.45) is 0 Å². The van der Waals surface area contributed by atoms with Gasteiger partial charge in [-0.1, -0.05) is 0 Å². The third-order valence-electron chi connectivity index (χ3n) is 2.41. The summed E-state index contributed by atoms with van der Waals surface area (Å²) in [4.78, 5) is 0. The number of aliphatic hydroxyl groups excluding tert-OH is 3. The monoisotopic (exact) mass is 258 g/mol. The Morgan fingerprint density at radius 1 is 1.00 bits per heavy atom. The molecule has 8 heteroatoms. The first kappa shape index (κ1) is 15.8. The molecule has 0 heterocycles. The molecule has 0 aliphatic carbocycles. The Morgan fingerprint density at radius 3 is 1.50 bits per heavy atom. The average molecular weight is 258 g/mol. The van der Waals surface area contributed by atoms with Crippen molar-refractivity contribution < 1.29 is 32.1 Å². The van der Waals surface area contributed by atoms with Crippen LogP contribution in [-0.2, 0) is 18.8 Å². The van der Waals surface area contributed by atoms with Gasteiger partial charge in [0, 0.05) is 0 Å². The lowest BCUT2D eigenvalue weighted by Gasteiger charge is -2.39. The van der Waals surface area contributed by atoms with Crippen molar-refractivity contribution >= 4 is 10.4 Å². The maximum Gasteiger partial charge on any atom is 0.400 e. The molecule has 0 aromatic heterocycles. The highest BCUT2D eigenvalue weighted by Crippen LogP contribution is 2.28. The maximum absolute atomic E-state index is 11.2. The van der Waals surface area contributed by atoms with E-state index in [4.69, 9.17) is 0 Å². The van der Waals surface area contributed by atoms with E-state index in [1.54, 1.807) is 0 Å². The number of rotatable bonds is 6. The Labute approximate surface area is 94.9 Å². The third kappa shape index (κ3) is 3.12. The topological polar surface area (TPSA) is 113 Å². The van der Waals surface area contributed by atoms with E-state index in [0.29, 0.717) is 0 Å². The van der Waals surface area contributed by atoms with E-state index >= 15 is 0 Å². The highest BCUT2D eigenvalue weighted by Gasteiger charge is 2.50. The molecule has 0 fully saturated rings. The second-order valence-corrected chi connectivity index (χ2v) is 4.86. The average Bonchev–Trinajstić information content (AvgIpc) is 2.12. The van der Waals surface area contributed by atoms with Crippen LogP contribution < -0.4 is 0 Å². The van der Waals surface area contributed by atoms with E-state index in [1.165, 1.54) is 20.8 Å². The van der Waals surface area contributed by atoms with Crippen LogP contribution in [0.4, 0.5) is 0 Å². The second kappa shape index (κ2) is 5.39. The Kier molecular flexibility index (Phi) is 5.30. The van der Waals surface area contributed by atoms with E-state index in [1.807, 2.05) is 0 Å². The van der Waals surface area contributed by atoms with Crippen molar-refractivity contribution in [2.45, 2.75) is 44.7 Å². The third-order valence-corrected chi connectivity index (χ3v) is 3.31. The molecule has 0 spiro atoms. The summed E-state index contributed by atoms with van der Waals surface area (Å²) in [7, 11) is -3.52. The summed E-state index contributed by atoms with van der Waals surface area (Å²) in [5.74, 6) is 0. The summed E-state index contributed by atoms with van der Waals surface area (Å²) >= 11 is 0. The van der Waals surface area contributed by atoms with Crippen molar-refractivity contribution in [2.75, 3.05) is 7.11 Å². The summed E-state index contributed by atoms with van der Waals surface area (Å²) < 4.78 is 30.9. The lowest BCUT2D eigenvalue weighted by Crippen LogP contribution is -2.60. The van der Waals surface area contributed by atoms with Crippen LogP contribution in [0.15, 0.2) is 0 Å². The molecule has 0 aliphatic heterocycles. The Morgan fingerprint density at radius 2 is 1.31 bits per heavy atom. The first-order chi connectivity index (χ1) is 7.10. The van der Waals surface area contributed by atoms with Crippen LogP contribution in [0.1, 0.15) is 20.8 Å². The van der Waals surface area contributed by atoms with Gasteiger partial charge >= 0.3 is 10.4 Å². The van der Waals surface area contributed by atoms with Gasteiger partial charge in [0.25, 0.3) is 0 Å². The van der Waals surface area contributed by atoms with E-state index in [2.05, 4.69) is 8.37 Å². The largest absolute Gasteiger partial charge is 0.400 e. The molecular formula is C8H18O7S. The van der Waals surface area contributed by atoms with Gasteiger partial charge in [-0.25, -0.2) is 4.18 Å².